The van der Waals surface area contributed by atoms with E-state index in [0.717, 1.165) is 11.1 Å². The number of hydrogen-bond acceptors (Lipinski definition) is 5. The third kappa shape index (κ3) is 4.56. The molecular weight excluding hydrogens is 406 g/mol. The molecule has 2 aromatic carbocycles. The average Bonchev–Trinajstić information content (AvgIpc) is 3.28. The van der Waals surface area contributed by atoms with E-state index in [1.165, 1.54) is 0 Å². The molecule has 0 bridgehead atoms. The minimum atomic E-state index is -0.203. The number of aryl methyl sites for hydroxylation is 1. The van der Waals surface area contributed by atoms with Gasteiger partial charge >= 0.3 is 0 Å². The van der Waals surface area contributed by atoms with Gasteiger partial charge in [-0.2, -0.15) is 0 Å². The summed E-state index contributed by atoms with van der Waals surface area (Å²) in [5, 5.41) is 3.78. The molecule has 164 valence electrons. The molecule has 3 aromatic rings. The lowest BCUT2D eigenvalue weighted by Gasteiger charge is -2.34. The molecule has 0 spiro atoms. The van der Waals surface area contributed by atoms with Crippen molar-refractivity contribution in [1.29, 1.82) is 0 Å². The standard InChI is InChI=1S/C25H25N3O4/c1-18-16-23(32-26-18)25(30)28-14-12-27(13-15-28)24(29)21(19-8-4-3-5-9-19)17-20-10-6-7-11-22(20)31-2/h3-11,16-17H,12-15H2,1-2H3/b21-17+. The second kappa shape index (κ2) is 9.51. The van der Waals surface area contributed by atoms with E-state index in [4.69, 9.17) is 9.26 Å². The van der Waals surface area contributed by atoms with Crippen LogP contribution in [0.3, 0.4) is 0 Å². The van der Waals surface area contributed by atoms with Crippen LogP contribution in [0, 0.1) is 6.92 Å². The van der Waals surface area contributed by atoms with Gasteiger partial charge in [-0.05, 0) is 24.6 Å². The first kappa shape index (κ1) is 21.4. The smallest absolute Gasteiger partial charge is 0.292 e. The molecule has 0 aliphatic carbocycles. The Hall–Kier alpha value is -3.87. The maximum absolute atomic E-state index is 13.5. The first-order valence-electron chi connectivity index (χ1n) is 10.5. The van der Waals surface area contributed by atoms with Crippen LogP contribution in [-0.4, -0.2) is 60.1 Å². The Kier molecular flexibility index (Phi) is 6.35. The number of nitrogens with zero attached hydrogens (tertiary/aromatic N) is 3. The van der Waals surface area contributed by atoms with Crippen LogP contribution in [0.4, 0.5) is 0 Å². The van der Waals surface area contributed by atoms with Crippen LogP contribution in [0.5, 0.6) is 5.75 Å². The molecule has 2 heterocycles. The molecule has 0 atom stereocenters. The Morgan fingerprint density at radius 3 is 2.28 bits per heavy atom. The Morgan fingerprint density at radius 2 is 1.62 bits per heavy atom. The van der Waals surface area contributed by atoms with E-state index in [-0.39, 0.29) is 17.6 Å². The molecule has 1 aromatic heterocycles. The highest BCUT2D eigenvalue weighted by Gasteiger charge is 2.28. The van der Waals surface area contributed by atoms with Gasteiger partial charge in [-0.15, -0.1) is 0 Å². The number of hydrogen-bond donors (Lipinski definition) is 0. The summed E-state index contributed by atoms with van der Waals surface area (Å²) in [5.74, 6) is 0.644. The van der Waals surface area contributed by atoms with E-state index < -0.39 is 0 Å². The van der Waals surface area contributed by atoms with Crippen molar-refractivity contribution in [3.8, 4) is 5.75 Å². The summed E-state index contributed by atoms with van der Waals surface area (Å²) in [4.78, 5) is 29.6. The molecule has 7 nitrogen and oxygen atoms in total. The second-order valence-electron chi connectivity index (χ2n) is 7.58. The number of carbonyl (C=O) groups is 2. The van der Waals surface area contributed by atoms with Gasteiger partial charge in [0.2, 0.25) is 5.76 Å². The molecule has 0 saturated carbocycles. The number of benzene rings is 2. The molecule has 1 aliphatic heterocycles. The predicted molar refractivity (Wildman–Crippen MR) is 121 cm³/mol. The first-order valence-corrected chi connectivity index (χ1v) is 10.5. The molecule has 2 amide bonds. The van der Waals surface area contributed by atoms with Gasteiger partial charge in [0, 0.05) is 43.4 Å². The third-order valence-corrected chi connectivity index (χ3v) is 5.45. The Bertz CT molecular complexity index is 1130. The van der Waals surface area contributed by atoms with Crippen LogP contribution in [0.25, 0.3) is 11.6 Å². The van der Waals surface area contributed by atoms with E-state index in [9.17, 15) is 9.59 Å². The average molecular weight is 431 g/mol. The van der Waals surface area contributed by atoms with Crippen molar-refractivity contribution in [2.75, 3.05) is 33.3 Å². The molecule has 0 radical (unpaired) electrons. The van der Waals surface area contributed by atoms with Gasteiger partial charge in [0.1, 0.15) is 5.75 Å². The molecule has 0 N–H and O–H groups in total. The van der Waals surface area contributed by atoms with Crippen LogP contribution < -0.4 is 4.74 Å². The Labute approximate surface area is 186 Å². The van der Waals surface area contributed by atoms with Crippen molar-refractivity contribution >= 4 is 23.5 Å². The number of ether oxygens (including phenoxy) is 1. The Morgan fingerprint density at radius 1 is 0.969 bits per heavy atom. The second-order valence-corrected chi connectivity index (χ2v) is 7.58. The quantitative estimate of drug-likeness (QED) is 0.456. The van der Waals surface area contributed by atoms with Crippen LogP contribution in [0.1, 0.15) is 27.4 Å². The summed E-state index contributed by atoms with van der Waals surface area (Å²) in [6, 6.07) is 18.8. The summed E-state index contributed by atoms with van der Waals surface area (Å²) < 4.78 is 10.6. The molecular formula is C25H25N3O4. The van der Waals surface area contributed by atoms with E-state index in [2.05, 4.69) is 5.16 Å². The number of methoxy groups -OCH3 is 1. The minimum Gasteiger partial charge on any atom is -0.496 e. The van der Waals surface area contributed by atoms with E-state index in [0.29, 0.717) is 43.2 Å². The molecule has 32 heavy (non-hydrogen) atoms. The highest BCUT2D eigenvalue weighted by atomic mass is 16.5. The minimum absolute atomic E-state index is 0.0790. The fraction of sp³-hybridized carbons (Fsp3) is 0.240. The summed E-state index contributed by atoms with van der Waals surface area (Å²) in [6.07, 6.45) is 1.87. The number of aromatic nitrogens is 1. The monoisotopic (exact) mass is 431 g/mol. The molecule has 7 heteroatoms. The summed E-state index contributed by atoms with van der Waals surface area (Å²) in [7, 11) is 1.61. The van der Waals surface area contributed by atoms with Gasteiger partial charge in [-0.1, -0.05) is 53.7 Å². The number of carbonyl (C=O) groups excluding carboxylic acids is 2. The fourth-order valence-electron chi connectivity index (χ4n) is 3.73. The van der Waals surface area contributed by atoms with Crippen LogP contribution in [0.15, 0.2) is 65.2 Å². The lowest BCUT2D eigenvalue weighted by molar-refractivity contribution is -0.126. The van der Waals surface area contributed by atoms with Crippen molar-refractivity contribution < 1.29 is 18.8 Å². The zero-order valence-corrected chi connectivity index (χ0v) is 18.2. The SMILES string of the molecule is COc1ccccc1/C=C(/C(=O)N1CCN(C(=O)c2cc(C)no2)CC1)c1ccccc1. The van der Waals surface area contributed by atoms with Crippen molar-refractivity contribution in [3.05, 3.63) is 83.2 Å². The lowest BCUT2D eigenvalue weighted by atomic mass is 10.0. The number of amides is 2. The van der Waals surface area contributed by atoms with Gasteiger partial charge in [0.25, 0.3) is 11.8 Å². The van der Waals surface area contributed by atoms with Gasteiger partial charge in [0.15, 0.2) is 0 Å². The van der Waals surface area contributed by atoms with Gasteiger partial charge < -0.3 is 19.1 Å². The van der Waals surface area contributed by atoms with E-state index in [1.54, 1.807) is 29.9 Å². The zero-order valence-electron chi connectivity index (χ0n) is 18.2. The topological polar surface area (TPSA) is 75.9 Å². The molecule has 1 fully saturated rings. The van der Waals surface area contributed by atoms with Crippen LogP contribution in [0.2, 0.25) is 0 Å². The summed E-state index contributed by atoms with van der Waals surface area (Å²) in [6.45, 7) is 3.51. The van der Waals surface area contributed by atoms with Gasteiger partial charge in [0.05, 0.1) is 12.8 Å². The van der Waals surface area contributed by atoms with Crippen molar-refractivity contribution in [1.82, 2.24) is 15.0 Å². The largest absolute Gasteiger partial charge is 0.496 e. The summed E-state index contributed by atoms with van der Waals surface area (Å²) in [5.41, 5.74) is 2.91. The van der Waals surface area contributed by atoms with Crippen LogP contribution >= 0.6 is 0 Å². The Balaban J connectivity index is 1.55. The van der Waals surface area contributed by atoms with Crippen LogP contribution in [-0.2, 0) is 4.79 Å². The zero-order chi connectivity index (χ0) is 22.5. The van der Waals surface area contributed by atoms with Crippen molar-refractivity contribution in [2.24, 2.45) is 0 Å². The molecule has 1 aliphatic rings. The van der Waals surface area contributed by atoms with Crippen molar-refractivity contribution in [3.63, 3.8) is 0 Å². The highest BCUT2D eigenvalue weighted by Crippen LogP contribution is 2.26. The maximum atomic E-state index is 13.5. The predicted octanol–water partition coefficient (Wildman–Crippen LogP) is 3.52. The lowest BCUT2D eigenvalue weighted by Crippen LogP contribution is -2.50. The van der Waals surface area contributed by atoms with E-state index in [1.807, 2.05) is 60.7 Å². The van der Waals surface area contributed by atoms with E-state index >= 15 is 0 Å². The maximum Gasteiger partial charge on any atom is 0.292 e. The number of para-hydroxylation sites is 1. The molecule has 0 unspecified atom stereocenters. The third-order valence-electron chi connectivity index (χ3n) is 5.45. The number of piperazine rings is 1. The highest BCUT2D eigenvalue weighted by molar-refractivity contribution is 6.24. The van der Waals surface area contributed by atoms with Gasteiger partial charge in [-0.25, -0.2) is 0 Å². The van der Waals surface area contributed by atoms with Crippen molar-refractivity contribution in [2.45, 2.75) is 6.92 Å². The summed E-state index contributed by atoms with van der Waals surface area (Å²) >= 11 is 0. The van der Waals surface area contributed by atoms with Gasteiger partial charge in [-0.3, -0.25) is 9.59 Å². The fourth-order valence-corrected chi connectivity index (χ4v) is 3.73. The normalized spacial score (nSPS) is 14.4. The molecule has 4 rings (SSSR count). The first-order chi connectivity index (χ1) is 15.6. The number of rotatable bonds is 5. The molecule has 1 saturated heterocycles.